The van der Waals surface area contributed by atoms with Gasteiger partial charge in [-0.25, -0.2) is 4.79 Å². The minimum atomic E-state index is -1.12. The third-order valence-corrected chi connectivity index (χ3v) is 6.16. The molecular formula is C28H38N4O5. The number of rotatable bonds is 7. The predicted molar refractivity (Wildman–Crippen MR) is 143 cm³/mol. The van der Waals surface area contributed by atoms with Crippen molar-refractivity contribution in [2.75, 3.05) is 17.3 Å². The number of nitrogens with zero attached hydrogens (tertiary/aromatic N) is 3. The Morgan fingerprint density at radius 2 is 1.78 bits per heavy atom. The third kappa shape index (κ3) is 6.58. The molecule has 3 rings (SSSR count). The normalized spacial score (nSPS) is 18.1. The molecule has 2 aromatic rings. The lowest BCUT2D eigenvalue weighted by Crippen LogP contribution is -2.53. The van der Waals surface area contributed by atoms with Crippen molar-refractivity contribution < 1.29 is 23.9 Å². The zero-order chi connectivity index (χ0) is 27.5. The molecule has 0 bridgehead atoms. The van der Waals surface area contributed by atoms with Crippen molar-refractivity contribution in [3.05, 3.63) is 42.5 Å². The molecule has 37 heavy (non-hydrogen) atoms. The first kappa shape index (κ1) is 28.0. The van der Waals surface area contributed by atoms with Crippen LogP contribution in [-0.4, -0.2) is 52.1 Å². The molecule has 9 nitrogen and oxygen atoms in total. The van der Waals surface area contributed by atoms with Crippen molar-refractivity contribution in [2.45, 2.75) is 78.6 Å². The van der Waals surface area contributed by atoms with E-state index in [0.29, 0.717) is 23.7 Å². The number of hydrogen-bond acceptors (Lipinski definition) is 6. The summed E-state index contributed by atoms with van der Waals surface area (Å²) < 4.78 is 11.6. The van der Waals surface area contributed by atoms with Gasteiger partial charge in [-0.1, -0.05) is 32.0 Å². The summed E-state index contributed by atoms with van der Waals surface area (Å²) in [6.45, 7) is 12.9. The Morgan fingerprint density at radius 3 is 2.38 bits per heavy atom. The number of benzene rings is 1. The van der Waals surface area contributed by atoms with E-state index in [2.05, 4.69) is 24.1 Å². The van der Waals surface area contributed by atoms with E-state index in [-0.39, 0.29) is 17.6 Å². The number of fused-ring (bicyclic) bond motifs is 1. The number of pyridine rings is 1. The van der Waals surface area contributed by atoms with Gasteiger partial charge in [-0.15, -0.1) is 0 Å². The van der Waals surface area contributed by atoms with Crippen LogP contribution in [0.25, 0.3) is 0 Å². The van der Waals surface area contributed by atoms with E-state index in [1.807, 2.05) is 30.3 Å². The maximum absolute atomic E-state index is 13.7. The third-order valence-electron chi connectivity index (χ3n) is 6.16. The molecule has 1 unspecified atom stereocenters. The Kier molecular flexibility index (Phi) is 8.15. The van der Waals surface area contributed by atoms with Gasteiger partial charge in [0, 0.05) is 12.7 Å². The lowest BCUT2D eigenvalue weighted by Gasteiger charge is -2.40. The summed E-state index contributed by atoms with van der Waals surface area (Å²) in [5.74, 6) is 0.289. The monoisotopic (exact) mass is 510 g/mol. The molecule has 200 valence electrons. The van der Waals surface area contributed by atoms with Crippen LogP contribution in [0.15, 0.2) is 42.5 Å². The van der Waals surface area contributed by atoms with Crippen LogP contribution >= 0.6 is 0 Å². The Hall–Kier alpha value is -3.62. The van der Waals surface area contributed by atoms with E-state index < -0.39 is 29.2 Å². The Bertz CT molecular complexity index is 1150. The number of carbonyl (C=O) groups excluding carboxylic acids is 3. The summed E-state index contributed by atoms with van der Waals surface area (Å²) in [5.41, 5.74) is -0.593. The van der Waals surface area contributed by atoms with Gasteiger partial charge in [0.25, 0.3) is 5.91 Å². The Balaban J connectivity index is 1.88. The van der Waals surface area contributed by atoms with Crippen LogP contribution in [0.2, 0.25) is 0 Å². The minimum Gasteiger partial charge on any atom is -0.460 e. The van der Waals surface area contributed by atoms with Gasteiger partial charge in [-0.2, -0.15) is 4.98 Å². The highest BCUT2D eigenvalue weighted by atomic mass is 16.6. The van der Waals surface area contributed by atoms with Gasteiger partial charge in [0.15, 0.2) is 5.60 Å². The highest BCUT2D eigenvalue weighted by Crippen LogP contribution is 2.43. The first-order valence-corrected chi connectivity index (χ1v) is 12.6. The molecule has 1 aromatic heterocycles. The molecule has 0 radical (unpaired) electrons. The van der Waals surface area contributed by atoms with Crippen molar-refractivity contribution in [1.29, 1.82) is 0 Å². The van der Waals surface area contributed by atoms with Crippen LogP contribution in [0.5, 0.6) is 5.88 Å². The number of para-hydroxylation sites is 1. The number of amides is 3. The number of anilines is 3. The second-order valence-corrected chi connectivity index (χ2v) is 11.0. The van der Waals surface area contributed by atoms with Crippen molar-refractivity contribution in [3.8, 4) is 5.88 Å². The quantitative estimate of drug-likeness (QED) is 0.526. The second-order valence-electron chi connectivity index (χ2n) is 11.0. The van der Waals surface area contributed by atoms with E-state index in [1.54, 1.807) is 51.7 Å². The van der Waals surface area contributed by atoms with Crippen LogP contribution in [0.4, 0.5) is 22.0 Å². The summed E-state index contributed by atoms with van der Waals surface area (Å²) in [5, 5.41) is 2.75. The molecule has 0 fully saturated rings. The van der Waals surface area contributed by atoms with Crippen LogP contribution in [0, 0.1) is 5.92 Å². The highest BCUT2D eigenvalue weighted by Gasteiger charge is 2.46. The van der Waals surface area contributed by atoms with Gasteiger partial charge in [0.05, 0.1) is 0 Å². The molecule has 0 aliphatic carbocycles. The fourth-order valence-corrected chi connectivity index (χ4v) is 3.81. The summed E-state index contributed by atoms with van der Waals surface area (Å²) in [6.07, 6.45) is 0.711. The number of likely N-dealkylation sites (N-methyl/N-ethyl adjacent to an activating group) is 1. The molecule has 2 heterocycles. The standard InChI is InChI=1S/C28H38N4O5/c1-18(2)16-17-28(7)25(34)32(20-12-10-9-11-13-20)21-14-15-22(30-24(21)36-28)29-23(33)19(3)31(8)26(35)37-27(4,5)6/h9-15,18-19H,16-17H2,1-8H3,(H,29,30,33)/t19-,28?/m0/s1. The number of carbonyl (C=O) groups is 3. The Labute approximate surface area is 219 Å². The summed E-state index contributed by atoms with van der Waals surface area (Å²) in [6, 6.07) is 11.8. The first-order chi connectivity index (χ1) is 17.2. The van der Waals surface area contributed by atoms with Gasteiger partial charge < -0.3 is 14.8 Å². The van der Waals surface area contributed by atoms with Crippen molar-refractivity contribution >= 4 is 35.1 Å². The lowest BCUT2D eigenvalue weighted by atomic mass is 9.92. The van der Waals surface area contributed by atoms with Gasteiger partial charge in [0.1, 0.15) is 23.1 Å². The molecular weight excluding hydrogens is 472 g/mol. The zero-order valence-electron chi connectivity index (χ0n) is 23.0. The van der Waals surface area contributed by atoms with E-state index in [9.17, 15) is 14.4 Å². The maximum Gasteiger partial charge on any atom is 0.410 e. The average molecular weight is 511 g/mol. The summed E-state index contributed by atoms with van der Waals surface area (Å²) in [7, 11) is 1.51. The number of hydrogen-bond donors (Lipinski definition) is 1. The molecule has 1 aliphatic heterocycles. The molecule has 0 spiro atoms. The van der Waals surface area contributed by atoms with E-state index in [1.165, 1.54) is 11.9 Å². The minimum absolute atomic E-state index is 0.168. The van der Waals surface area contributed by atoms with E-state index in [4.69, 9.17) is 9.47 Å². The molecule has 0 saturated heterocycles. The number of ether oxygens (including phenoxy) is 2. The molecule has 2 atom stereocenters. The topological polar surface area (TPSA) is 101 Å². The first-order valence-electron chi connectivity index (χ1n) is 12.6. The van der Waals surface area contributed by atoms with E-state index >= 15 is 0 Å². The van der Waals surface area contributed by atoms with Gasteiger partial charge in [0.2, 0.25) is 11.8 Å². The van der Waals surface area contributed by atoms with Crippen molar-refractivity contribution in [1.82, 2.24) is 9.88 Å². The fourth-order valence-electron chi connectivity index (χ4n) is 3.81. The Morgan fingerprint density at radius 1 is 1.14 bits per heavy atom. The fraction of sp³-hybridized carbons (Fsp3) is 0.500. The number of aromatic nitrogens is 1. The molecule has 1 aliphatic rings. The van der Waals surface area contributed by atoms with Crippen LogP contribution < -0.4 is 15.0 Å². The number of nitrogens with one attached hydrogen (secondary N) is 1. The largest absolute Gasteiger partial charge is 0.460 e. The smallest absolute Gasteiger partial charge is 0.410 e. The highest BCUT2D eigenvalue weighted by molar-refractivity contribution is 6.08. The van der Waals surface area contributed by atoms with Crippen LogP contribution in [0.3, 0.4) is 0 Å². The van der Waals surface area contributed by atoms with Gasteiger partial charge in [-0.3, -0.25) is 19.4 Å². The molecule has 1 aromatic carbocycles. The molecule has 3 amide bonds. The van der Waals surface area contributed by atoms with E-state index in [0.717, 1.165) is 6.42 Å². The van der Waals surface area contributed by atoms with Crippen LogP contribution in [-0.2, 0) is 14.3 Å². The summed E-state index contributed by atoms with van der Waals surface area (Å²) >= 11 is 0. The molecule has 0 saturated carbocycles. The van der Waals surface area contributed by atoms with Gasteiger partial charge >= 0.3 is 6.09 Å². The SMILES string of the molecule is CC(C)CCC1(C)Oc2nc(NC(=O)[C@H](C)N(C)C(=O)OC(C)(C)C)ccc2N(c2ccccc2)C1=O. The second kappa shape index (κ2) is 10.8. The summed E-state index contributed by atoms with van der Waals surface area (Å²) in [4.78, 5) is 46.4. The zero-order valence-corrected chi connectivity index (χ0v) is 23.0. The predicted octanol–water partition coefficient (Wildman–Crippen LogP) is 5.53. The average Bonchev–Trinajstić information content (AvgIpc) is 2.82. The van der Waals surface area contributed by atoms with Gasteiger partial charge in [-0.05, 0) is 77.6 Å². The van der Waals surface area contributed by atoms with Crippen molar-refractivity contribution in [2.24, 2.45) is 5.92 Å². The molecule has 9 heteroatoms. The lowest BCUT2D eigenvalue weighted by molar-refractivity contribution is -0.134. The molecule has 1 N–H and O–H groups in total. The van der Waals surface area contributed by atoms with Crippen LogP contribution in [0.1, 0.15) is 61.3 Å². The van der Waals surface area contributed by atoms with Crippen molar-refractivity contribution in [3.63, 3.8) is 0 Å². The maximum atomic E-state index is 13.7.